The fourth-order valence-electron chi connectivity index (χ4n) is 1.91. The molecule has 0 atom stereocenters. The van der Waals surface area contributed by atoms with Gasteiger partial charge < -0.3 is 11.1 Å². The molecule has 1 fully saturated rings. The van der Waals surface area contributed by atoms with Crippen LogP contribution in [0.1, 0.15) is 59.8 Å². The maximum absolute atomic E-state index is 12.2. The Bertz CT molecular complexity index is 247. The molecule has 1 aliphatic carbocycles. The highest BCUT2D eigenvalue weighted by molar-refractivity contribution is 5.83. The van der Waals surface area contributed by atoms with Crippen LogP contribution in [-0.4, -0.2) is 17.5 Å². The van der Waals surface area contributed by atoms with Crippen molar-refractivity contribution >= 4 is 5.91 Å². The van der Waals surface area contributed by atoms with E-state index in [0.29, 0.717) is 6.04 Å². The number of hydrogen-bond donors (Lipinski definition) is 2. The third kappa shape index (κ3) is 2.97. The van der Waals surface area contributed by atoms with Crippen molar-refractivity contribution < 1.29 is 4.79 Å². The second-order valence-corrected chi connectivity index (χ2v) is 6.16. The summed E-state index contributed by atoms with van der Waals surface area (Å²) in [5, 5.41) is 3.15. The molecule has 1 aliphatic rings. The highest BCUT2D eigenvalue weighted by atomic mass is 16.2. The Balaban J connectivity index is 2.57. The summed E-state index contributed by atoms with van der Waals surface area (Å²) < 4.78 is 0. The maximum Gasteiger partial charge on any atom is 0.227 e. The number of carbonyl (C=O) groups excluding carboxylic acids is 1. The Labute approximate surface area is 99.2 Å². The predicted molar refractivity (Wildman–Crippen MR) is 67.1 cm³/mol. The first-order valence-corrected chi connectivity index (χ1v) is 6.35. The van der Waals surface area contributed by atoms with E-state index in [2.05, 4.69) is 5.32 Å². The molecule has 3 nitrogen and oxygen atoms in total. The van der Waals surface area contributed by atoms with Crippen molar-refractivity contribution in [1.29, 1.82) is 0 Å². The zero-order valence-electron chi connectivity index (χ0n) is 11.1. The van der Waals surface area contributed by atoms with E-state index in [1.165, 1.54) is 19.3 Å². The average Bonchev–Trinajstić information content (AvgIpc) is 2.17. The van der Waals surface area contributed by atoms with Crippen LogP contribution in [0, 0.1) is 5.41 Å². The van der Waals surface area contributed by atoms with Crippen molar-refractivity contribution in [1.82, 2.24) is 5.32 Å². The van der Waals surface area contributed by atoms with Crippen LogP contribution in [0.3, 0.4) is 0 Å². The van der Waals surface area contributed by atoms with E-state index in [4.69, 9.17) is 5.73 Å². The largest absolute Gasteiger partial charge is 0.353 e. The highest BCUT2D eigenvalue weighted by Gasteiger charge is 2.40. The van der Waals surface area contributed by atoms with Gasteiger partial charge >= 0.3 is 0 Å². The molecule has 16 heavy (non-hydrogen) atoms. The Kier molecular flexibility index (Phi) is 4.00. The van der Waals surface area contributed by atoms with Crippen LogP contribution in [0.2, 0.25) is 0 Å². The summed E-state index contributed by atoms with van der Waals surface area (Å²) in [6.07, 6.45) is 6.01. The van der Waals surface area contributed by atoms with Gasteiger partial charge in [-0.3, -0.25) is 4.79 Å². The van der Waals surface area contributed by atoms with Gasteiger partial charge in [0, 0.05) is 11.6 Å². The third-order valence-electron chi connectivity index (χ3n) is 4.12. The number of nitrogens with one attached hydrogen (secondary N) is 1. The molecule has 94 valence electrons. The predicted octanol–water partition coefficient (Wildman–Crippen LogP) is 2.20. The summed E-state index contributed by atoms with van der Waals surface area (Å²) in [4.78, 5) is 12.2. The Hall–Kier alpha value is -0.570. The summed E-state index contributed by atoms with van der Waals surface area (Å²) in [6.45, 7) is 7.66. The number of amides is 1. The number of nitrogens with two attached hydrogens (primary N) is 1. The Morgan fingerprint density at radius 3 is 2.06 bits per heavy atom. The monoisotopic (exact) mass is 226 g/mol. The second-order valence-electron chi connectivity index (χ2n) is 6.16. The van der Waals surface area contributed by atoms with Gasteiger partial charge in [0.2, 0.25) is 5.91 Å². The number of carbonyl (C=O) groups is 1. The van der Waals surface area contributed by atoms with Crippen LogP contribution >= 0.6 is 0 Å². The minimum absolute atomic E-state index is 0.0897. The zero-order chi connectivity index (χ0) is 12.4. The molecular weight excluding hydrogens is 200 g/mol. The standard InChI is InChI=1S/C13H26N2O/c1-12(2,13(3,4)14)11(16)15-10-8-6-5-7-9-10/h10H,5-9,14H2,1-4H3,(H,15,16). The summed E-state index contributed by atoms with van der Waals surface area (Å²) in [5.41, 5.74) is 5.04. The Morgan fingerprint density at radius 1 is 1.12 bits per heavy atom. The fraction of sp³-hybridized carbons (Fsp3) is 0.923. The lowest BCUT2D eigenvalue weighted by atomic mass is 9.74. The molecule has 0 aromatic rings. The summed E-state index contributed by atoms with van der Waals surface area (Å²) in [6, 6.07) is 0.364. The molecule has 0 spiro atoms. The molecule has 0 heterocycles. The maximum atomic E-state index is 12.2. The lowest BCUT2D eigenvalue weighted by molar-refractivity contribution is -0.133. The van der Waals surface area contributed by atoms with Gasteiger partial charge in [0.15, 0.2) is 0 Å². The smallest absolute Gasteiger partial charge is 0.227 e. The van der Waals surface area contributed by atoms with Gasteiger partial charge in [-0.15, -0.1) is 0 Å². The SMILES string of the molecule is CC(C)(N)C(C)(C)C(=O)NC1CCCCC1. The molecule has 1 rings (SSSR count). The molecule has 3 N–H and O–H groups in total. The quantitative estimate of drug-likeness (QED) is 0.775. The molecule has 0 unspecified atom stereocenters. The summed E-state index contributed by atoms with van der Waals surface area (Å²) in [7, 11) is 0. The van der Waals surface area contributed by atoms with Crippen molar-refractivity contribution in [2.24, 2.45) is 11.1 Å². The normalized spacial score (nSPS) is 19.6. The van der Waals surface area contributed by atoms with E-state index in [1.807, 2.05) is 27.7 Å². The lowest BCUT2D eigenvalue weighted by Crippen LogP contribution is -2.57. The van der Waals surface area contributed by atoms with Gasteiger partial charge in [-0.25, -0.2) is 0 Å². The van der Waals surface area contributed by atoms with Crippen molar-refractivity contribution in [2.45, 2.75) is 71.4 Å². The number of hydrogen-bond acceptors (Lipinski definition) is 2. The molecule has 3 heteroatoms. The van der Waals surface area contributed by atoms with Crippen LogP contribution in [0.4, 0.5) is 0 Å². The molecule has 0 bridgehead atoms. The molecule has 0 saturated heterocycles. The van der Waals surface area contributed by atoms with Gasteiger partial charge in [0.1, 0.15) is 0 Å². The van der Waals surface area contributed by atoms with Gasteiger partial charge in [0.05, 0.1) is 5.41 Å². The lowest BCUT2D eigenvalue weighted by Gasteiger charge is -2.38. The highest BCUT2D eigenvalue weighted by Crippen LogP contribution is 2.29. The van der Waals surface area contributed by atoms with Gasteiger partial charge in [0.25, 0.3) is 0 Å². The van der Waals surface area contributed by atoms with Crippen LogP contribution in [-0.2, 0) is 4.79 Å². The first-order chi connectivity index (χ1) is 7.25. The first-order valence-electron chi connectivity index (χ1n) is 6.35. The van der Waals surface area contributed by atoms with Crippen molar-refractivity contribution in [2.75, 3.05) is 0 Å². The van der Waals surface area contributed by atoms with E-state index in [9.17, 15) is 4.79 Å². The first kappa shape index (κ1) is 13.5. The van der Waals surface area contributed by atoms with Gasteiger partial charge in [-0.1, -0.05) is 19.3 Å². The van der Waals surface area contributed by atoms with Crippen LogP contribution in [0.25, 0.3) is 0 Å². The van der Waals surface area contributed by atoms with Crippen molar-refractivity contribution in [3.8, 4) is 0 Å². The molecule has 0 radical (unpaired) electrons. The summed E-state index contributed by atoms with van der Waals surface area (Å²) in [5.74, 6) is 0.0897. The second kappa shape index (κ2) is 4.74. The number of rotatable bonds is 3. The van der Waals surface area contributed by atoms with Gasteiger partial charge in [-0.2, -0.15) is 0 Å². The fourth-order valence-corrected chi connectivity index (χ4v) is 1.91. The van der Waals surface area contributed by atoms with Crippen LogP contribution < -0.4 is 11.1 Å². The molecule has 0 aromatic carbocycles. The van der Waals surface area contributed by atoms with E-state index >= 15 is 0 Å². The molecule has 0 aliphatic heterocycles. The summed E-state index contributed by atoms with van der Waals surface area (Å²) >= 11 is 0. The molecular formula is C13H26N2O. The van der Waals surface area contributed by atoms with E-state index in [-0.39, 0.29) is 5.91 Å². The molecule has 0 aromatic heterocycles. The van der Waals surface area contributed by atoms with E-state index in [0.717, 1.165) is 12.8 Å². The minimum atomic E-state index is -0.523. The average molecular weight is 226 g/mol. The van der Waals surface area contributed by atoms with Crippen LogP contribution in [0.15, 0.2) is 0 Å². The van der Waals surface area contributed by atoms with Crippen LogP contribution in [0.5, 0.6) is 0 Å². The Morgan fingerprint density at radius 2 is 1.62 bits per heavy atom. The molecule has 1 saturated carbocycles. The van der Waals surface area contributed by atoms with Crippen molar-refractivity contribution in [3.05, 3.63) is 0 Å². The minimum Gasteiger partial charge on any atom is -0.353 e. The van der Waals surface area contributed by atoms with Crippen molar-refractivity contribution in [3.63, 3.8) is 0 Å². The zero-order valence-corrected chi connectivity index (χ0v) is 11.1. The topological polar surface area (TPSA) is 55.1 Å². The third-order valence-corrected chi connectivity index (χ3v) is 4.12. The van der Waals surface area contributed by atoms with Gasteiger partial charge in [-0.05, 0) is 40.5 Å². The van der Waals surface area contributed by atoms with E-state index < -0.39 is 11.0 Å². The van der Waals surface area contributed by atoms with E-state index in [1.54, 1.807) is 0 Å². The molecule has 1 amide bonds.